The van der Waals surface area contributed by atoms with Crippen molar-refractivity contribution in [2.75, 3.05) is 31.2 Å². The standard InChI is InChI=1S/C19H18ClN3O2S/c20-14-3-1-13(2-4-14)12-23-18(24)16-11-15(22-7-9-25-10-8-22)5-6-17(16)21-19(23)26/h1-6,11H,7-10,12H2,(H,21,26). The van der Waals surface area contributed by atoms with Crippen molar-refractivity contribution in [2.24, 2.45) is 0 Å². The van der Waals surface area contributed by atoms with Crippen LogP contribution in [0.5, 0.6) is 0 Å². The maximum absolute atomic E-state index is 13.1. The Morgan fingerprint density at radius 3 is 2.58 bits per heavy atom. The monoisotopic (exact) mass is 387 g/mol. The number of morpholine rings is 1. The molecule has 2 aromatic carbocycles. The van der Waals surface area contributed by atoms with Crippen molar-refractivity contribution < 1.29 is 4.74 Å². The first kappa shape index (κ1) is 17.3. The number of anilines is 1. The Morgan fingerprint density at radius 2 is 1.85 bits per heavy atom. The van der Waals surface area contributed by atoms with E-state index in [0.717, 1.165) is 29.9 Å². The van der Waals surface area contributed by atoms with Gasteiger partial charge in [-0.15, -0.1) is 0 Å². The van der Waals surface area contributed by atoms with E-state index in [2.05, 4.69) is 9.88 Å². The quantitative estimate of drug-likeness (QED) is 0.698. The minimum atomic E-state index is -0.0891. The molecule has 1 aromatic heterocycles. The molecule has 0 bridgehead atoms. The Morgan fingerprint density at radius 1 is 1.12 bits per heavy atom. The van der Waals surface area contributed by atoms with E-state index in [0.29, 0.717) is 34.9 Å². The Hall–Kier alpha value is -2.15. The number of nitrogens with one attached hydrogen (secondary N) is 1. The average molecular weight is 388 g/mol. The SMILES string of the molecule is O=c1c2cc(N3CCOCC3)ccc2[nH]c(=S)n1Cc1ccc(Cl)cc1. The summed E-state index contributed by atoms with van der Waals surface area (Å²) >= 11 is 11.3. The minimum Gasteiger partial charge on any atom is -0.378 e. The van der Waals surface area contributed by atoms with Gasteiger partial charge >= 0.3 is 0 Å². The number of ether oxygens (including phenoxy) is 1. The van der Waals surface area contributed by atoms with E-state index >= 15 is 0 Å². The van der Waals surface area contributed by atoms with Crippen LogP contribution in [0.3, 0.4) is 0 Å². The third-order valence-electron chi connectivity index (χ3n) is 4.60. The number of nitrogens with zero attached hydrogens (tertiary/aromatic N) is 2. The molecule has 0 unspecified atom stereocenters. The molecule has 5 nitrogen and oxygen atoms in total. The minimum absolute atomic E-state index is 0.0891. The summed E-state index contributed by atoms with van der Waals surface area (Å²) in [5.41, 5.74) is 2.67. The van der Waals surface area contributed by atoms with Gasteiger partial charge in [-0.3, -0.25) is 9.36 Å². The number of aromatic nitrogens is 2. The molecule has 1 aliphatic heterocycles. The Bertz CT molecular complexity index is 1050. The van der Waals surface area contributed by atoms with Crippen LogP contribution in [0.25, 0.3) is 10.9 Å². The Balaban J connectivity index is 1.76. The first-order valence-corrected chi connectivity index (χ1v) is 9.24. The van der Waals surface area contributed by atoms with Crippen molar-refractivity contribution >= 4 is 40.4 Å². The van der Waals surface area contributed by atoms with Crippen LogP contribution < -0.4 is 10.5 Å². The smallest absolute Gasteiger partial charge is 0.262 e. The van der Waals surface area contributed by atoms with Gasteiger partial charge in [0.15, 0.2) is 4.77 Å². The summed E-state index contributed by atoms with van der Waals surface area (Å²) in [7, 11) is 0. The van der Waals surface area contributed by atoms with E-state index in [-0.39, 0.29) is 5.56 Å². The van der Waals surface area contributed by atoms with E-state index in [1.165, 1.54) is 0 Å². The number of rotatable bonds is 3. The van der Waals surface area contributed by atoms with E-state index in [9.17, 15) is 4.79 Å². The van der Waals surface area contributed by atoms with Crippen molar-refractivity contribution in [3.05, 3.63) is 68.2 Å². The lowest BCUT2D eigenvalue weighted by Gasteiger charge is -2.29. The van der Waals surface area contributed by atoms with Gasteiger partial charge in [0.05, 0.1) is 30.7 Å². The second kappa shape index (κ2) is 7.23. The summed E-state index contributed by atoms with van der Waals surface area (Å²) < 4.78 is 7.41. The average Bonchev–Trinajstić information content (AvgIpc) is 2.67. The topological polar surface area (TPSA) is 50.3 Å². The highest BCUT2D eigenvalue weighted by Crippen LogP contribution is 2.20. The van der Waals surface area contributed by atoms with Crippen LogP contribution in [-0.2, 0) is 11.3 Å². The fourth-order valence-electron chi connectivity index (χ4n) is 3.17. The second-order valence-electron chi connectivity index (χ2n) is 6.28. The third-order valence-corrected chi connectivity index (χ3v) is 5.17. The van der Waals surface area contributed by atoms with Crippen LogP contribution in [-0.4, -0.2) is 35.9 Å². The molecule has 0 saturated carbocycles. The molecule has 0 atom stereocenters. The maximum Gasteiger partial charge on any atom is 0.262 e. The molecule has 3 aromatic rings. The lowest BCUT2D eigenvalue weighted by Crippen LogP contribution is -2.36. The molecule has 1 N–H and O–H groups in total. The second-order valence-corrected chi connectivity index (χ2v) is 7.10. The van der Waals surface area contributed by atoms with E-state index in [1.807, 2.05) is 42.5 Å². The zero-order chi connectivity index (χ0) is 18.1. The zero-order valence-electron chi connectivity index (χ0n) is 14.1. The summed E-state index contributed by atoms with van der Waals surface area (Å²) in [5.74, 6) is 0. The van der Waals surface area contributed by atoms with Crippen LogP contribution >= 0.6 is 23.8 Å². The van der Waals surface area contributed by atoms with Gasteiger partial charge in [-0.25, -0.2) is 0 Å². The summed E-state index contributed by atoms with van der Waals surface area (Å²) in [4.78, 5) is 18.5. The molecule has 0 spiro atoms. The molecule has 1 saturated heterocycles. The highest BCUT2D eigenvalue weighted by Gasteiger charge is 2.13. The lowest BCUT2D eigenvalue weighted by atomic mass is 10.2. The number of fused-ring (bicyclic) bond motifs is 1. The summed E-state index contributed by atoms with van der Waals surface area (Å²) in [6.07, 6.45) is 0. The van der Waals surface area contributed by atoms with Crippen LogP contribution in [0.2, 0.25) is 5.02 Å². The fraction of sp³-hybridized carbons (Fsp3) is 0.263. The summed E-state index contributed by atoms with van der Waals surface area (Å²) in [6.45, 7) is 3.47. The lowest BCUT2D eigenvalue weighted by molar-refractivity contribution is 0.122. The Kier molecular flexibility index (Phi) is 4.80. The van der Waals surface area contributed by atoms with Gasteiger partial charge in [-0.1, -0.05) is 23.7 Å². The first-order chi connectivity index (χ1) is 12.6. The van der Waals surface area contributed by atoms with Gasteiger partial charge in [-0.05, 0) is 48.1 Å². The maximum atomic E-state index is 13.1. The molecule has 0 radical (unpaired) electrons. The molecule has 1 fully saturated rings. The van der Waals surface area contributed by atoms with Crippen LogP contribution in [0.1, 0.15) is 5.56 Å². The fourth-order valence-corrected chi connectivity index (χ4v) is 3.56. The van der Waals surface area contributed by atoms with E-state index in [1.54, 1.807) is 4.57 Å². The molecule has 134 valence electrons. The molecular weight excluding hydrogens is 370 g/mol. The van der Waals surface area contributed by atoms with Crippen molar-refractivity contribution in [1.29, 1.82) is 0 Å². The van der Waals surface area contributed by atoms with Crippen molar-refractivity contribution in [3.8, 4) is 0 Å². The molecule has 1 aliphatic rings. The van der Waals surface area contributed by atoms with E-state index in [4.69, 9.17) is 28.6 Å². The van der Waals surface area contributed by atoms with Crippen LogP contribution in [0.15, 0.2) is 47.3 Å². The van der Waals surface area contributed by atoms with Crippen molar-refractivity contribution in [1.82, 2.24) is 9.55 Å². The number of aromatic amines is 1. The zero-order valence-corrected chi connectivity index (χ0v) is 15.6. The summed E-state index contributed by atoms with van der Waals surface area (Å²) in [5, 5.41) is 1.30. The van der Waals surface area contributed by atoms with Crippen molar-refractivity contribution in [2.45, 2.75) is 6.54 Å². The van der Waals surface area contributed by atoms with Crippen LogP contribution in [0, 0.1) is 4.77 Å². The highest BCUT2D eigenvalue weighted by atomic mass is 35.5. The number of H-pyrrole nitrogens is 1. The molecule has 2 heterocycles. The number of benzene rings is 2. The molecule has 0 amide bonds. The van der Waals surface area contributed by atoms with Crippen molar-refractivity contribution in [3.63, 3.8) is 0 Å². The van der Waals surface area contributed by atoms with Gasteiger partial charge in [0, 0.05) is 23.8 Å². The largest absolute Gasteiger partial charge is 0.378 e. The predicted molar refractivity (Wildman–Crippen MR) is 107 cm³/mol. The Labute approximate surface area is 160 Å². The first-order valence-electron chi connectivity index (χ1n) is 8.46. The molecule has 4 rings (SSSR count). The number of halogens is 1. The van der Waals surface area contributed by atoms with Gasteiger partial charge in [0.25, 0.3) is 5.56 Å². The molecule has 0 aliphatic carbocycles. The van der Waals surface area contributed by atoms with Gasteiger partial charge in [0.1, 0.15) is 0 Å². The highest BCUT2D eigenvalue weighted by molar-refractivity contribution is 7.71. The van der Waals surface area contributed by atoms with Gasteiger partial charge in [0.2, 0.25) is 0 Å². The third kappa shape index (κ3) is 3.40. The normalized spacial score (nSPS) is 14.7. The predicted octanol–water partition coefficient (Wildman–Crippen LogP) is 3.60. The molecule has 7 heteroatoms. The molecular formula is C19H18ClN3O2S. The number of hydrogen-bond acceptors (Lipinski definition) is 4. The van der Waals surface area contributed by atoms with Gasteiger partial charge in [-0.2, -0.15) is 0 Å². The van der Waals surface area contributed by atoms with Crippen LogP contribution in [0.4, 0.5) is 5.69 Å². The van der Waals surface area contributed by atoms with Gasteiger partial charge < -0.3 is 14.6 Å². The molecule has 26 heavy (non-hydrogen) atoms. The van der Waals surface area contributed by atoms with E-state index < -0.39 is 0 Å². The number of hydrogen-bond donors (Lipinski definition) is 1. The summed E-state index contributed by atoms with van der Waals surface area (Å²) in [6, 6.07) is 13.3.